The first-order valence-corrected chi connectivity index (χ1v) is 43.9. The summed E-state index contributed by atoms with van der Waals surface area (Å²) < 4.78 is 0.945. The van der Waals surface area contributed by atoms with Gasteiger partial charge in [-0.3, -0.25) is 34.1 Å². The van der Waals surface area contributed by atoms with E-state index in [0.29, 0.717) is 102 Å². The smallest absolute Gasteiger partial charge is 0.273 e. The average Bonchev–Trinajstić information content (AvgIpc) is 0.777. The number of rotatable bonds is 16. The lowest BCUT2D eigenvalue weighted by molar-refractivity contribution is 0.0273. The van der Waals surface area contributed by atoms with E-state index in [1.165, 1.54) is 0 Å². The summed E-state index contributed by atoms with van der Waals surface area (Å²) in [4.78, 5) is 133. The highest BCUT2D eigenvalue weighted by molar-refractivity contribution is 9.10. The minimum Gasteiger partial charge on any atom is -0.365 e. The number of anilines is 4. The highest BCUT2D eigenvalue weighted by Gasteiger charge is 2.49. The number of nitrogens with zero attached hydrogens (tertiary/aromatic N) is 20. The second-order valence-electron chi connectivity index (χ2n) is 33.5. The van der Waals surface area contributed by atoms with Crippen LogP contribution < -0.4 is 21.3 Å². The van der Waals surface area contributed by atoms with Gasteiger partial charge in [0.2, 0.25) is 0 Å². The minimum atomic E-state index is -0.0623. The average molecular weight is 1760 g/mol. The van der Waals surface area contributed by atoms with E-state index >= 15 is 0 Å². The molecule has 12 atom stereocenters. The lowest BCUT2D eigenvalue weighted by Gasteiger charge is -2.50. The molecule has 12 fully saturated rings. The highest BCUT2D eigenvalue weighted by atomic mass is 79.9. The summed E-state index contributed by atoms with van der Waals surface area (Å²) >= 11 is 15.4. The summed E-state index contributed by atoms with van der Waals surface area (Å²) in [5.41, 5.74) is 9.27. The summed E-state index contributed by atoms with van der Waals surface area (Å²) in [5, 5.41) is 15.4. The number of nitrogens with one attached hydrogen (secondary N) is 4. The van der Waals surface area contributed by atoms with Gasteiger partial charge in [-0.25, -0.2) is 64.8 Å². The number of halogens is 3. The molecule has 28 nitrogen and oxygen atoms in total. The quantitative estimate of drug-likeness (QED) is 0.0698. The number of aromatic nitrogens is 16. The third-order valence-electron chi connectivity index (χ3n) is 24.7. The van der Waals surface area contributed by atoms with Crippen LogP contribution in [0.4, 0.5) is 23.3 Å². The number of hydrogen-bond donors (Lipinski definition) is 4. The van der Waals surface area contributed by atoms with Crippen molar-refractivity contribution >= 4 is 86.0 Å². The maximum Gasteiger partial charge on any atom is 0.273 e. The van der Waals surface area contributed by atoms with Crippen LogP contribution in [0.5, 0.6) is 0 Å². The van der Waals surface area contributed by atoms with Gasteiger partial charge >= 0.3 is 0 Å². The van der Waals surface area contributed by atoms with E-state index < -0.39 is 0 Å². The Balaban J connectivity index is 0.000000117. The number of carbonyl (C=O) groups excluding carboxylic acids is 4. The minimum absolute atomic E-state index is 0.0137. The van der Waals surface area contributed by atoms with E-state index in [1.54, 1.807) is 111 Å². The van der Waals surface area contributed by atoms with Crippen LogP contribution in [0.25, 0.3) is 45.7 Å². The fraction of sp³-hybridized carbons (Fsp3) is 0.355. The molecule has 124 heavy (non-hydrogen) atoms. The first-order valence-electron chi connectivity index (χ1n) is 42.4. The number of fused-ring (bicyclic) bond motifs is 12. The van der Waals surface area contributed by atoms with Gasteiger partial charge in [-0.1, -0.05) is 29.3 Å². The normalized spacial score (nSPS) is 22.4. The Kier molecular flexibility index (Phi) is 25.6. The van der Waals surface area contributed by atoms with Crippen LogP contribution in [-0.4, -0.2) is 197 Å². The molecular formula is C93H95BrCl2N24O4. The van der Waals surface area contributed by atoms with Crippen LogP contribution in [0.3, 0.4) is 0 Å². The van der Waals surface area contributed by atoms with Crippen molar-refractivity contribution in [3.8, 4) is 45.7 Å². The molecule has 20 heterocycles. The lowest BCUT2D eigenvalue weighted by atomic mass is 9.76. The molecule has 4 N–H and O–H groups in total. The van der Waals surface area contributed by atoms with Crippen LogP contribution in [-0.2, 0) is 0 Å². The van der Waals surface area contributed by atoms with Gasteiger partial charge in [-0.05, 0) is 271 Å². The third kappa shape index (κ3) is 19.2. The molecule has 8 saturated heterocycles. The number of pyridine rings is 8. The van der Waals surface area contributed by atoms with E-state index in [2.05, 4.69) is 123 Å². The van der Waals surface area contributed by atoms with Gasteiger partial charge in [-0.15, -0.1) is 0 Å². The number of carbonyl (C=O) groups is 4. The van der Waals surface area contributed by atoms with E-state index in [4.69, 9.17) is 23.2 Å². The molecule has 31 heteroatoms. The Morgan fingerprint density at radius 3 is 0.968 bits per heavy atom. The van der Waals surface area contributed by atoms with Crippen LogP contribution in [0, 0.1) is 58.3 Å². The molecule has 8 aliphatic heterocycles. The SMILES string of the molecule is Cc1ccc(C(=O)N2CC3CCC2C(Nc2ccc(Cl)cn2)C3)c(-c2ncccn2)n1.Cc1ccc(NC2CC3CCC2N(C(=O)c2ncc(C)cc2-c2ncccn2)C3)nc1.Cc1cnc(C(=O)N2CC3CCC2C(Nc2ccc(Br)cn2)C3)c(-c2ncccn2)c1.Cc1cnc(C(=O)N2CC3CCC2C(Nc2ccc(Cl)cn2)C3)c(-c2ncccn2)c1. The molecular weight excluding hydrogens is 1670 g/mol. The second-order valence-corrected chi connectivity index (χ2v) is 35.3. The first kappa shape index (κ1) is 83.9. The standard InChI is InChI=1S/C24H26N6O.C23H23BrN6O.2C23H23ClN6O/c1-15-4-7-21(27-12-15)29-19-11-17-5-6-20(19)30(14-17)24(31)22-18(10-16(2)13-28-22)23-25-8-3-9-26-23;1-14-9-17(22-25-7-2-8-26-22)21(28-11-14)23(31)30-13-15-3-5-19(30)18(10-15)29-20-6-4-16(24)12-27-20;1-14-3-6-17(21(28-14)22-25-9-2-10-26-22)23(31)30-13-15-4-7-19(30)18(11-15)29-20-8-5-16(24)12-27-20;1-14-9-17(22-25-7-2-8-26-22)21(28-11-14)23(31)30-13-15-3-5-19(30)18(10-15)29-20-6-4-16(24)12-27-20/h3-4,7-10,12-13,17,19-20H,5-6,11,14H2,1-2H3,(H,27,29);2,4,6-9,11-12,15,18-19H,3,5,10,13H2,1H3,(H,27,29);2-3,5-6,8-10,12,15,18-19H,4,7,11,13H2,1H3,(H,27,29);2,4,6-9,11-12,15,18-19H,3,5,10,13H2,1H3,(H,27,29). The molecule has 4 amide bonds. The molecule has 8 bridgehead atoms. The van der Waals surface area contributed by atoms with Gasteiger partial charge in [-0.2, -0.15) is 0 Å². The van der Waals surface area contributed by atoms with Crippen LogP contribution in [0.15, 0.2) is 201 Å². The molecule has 0 spiro atoms. The van der Waals surface area contributed by atoms with E-state index in [-0.39, 0.29) is 72.0 Å². The largest absolute Gasteiger partial charge is 0.365 e. The molecule has 0 aromatic carbocycles. The maximum absolute atomic E-state index is 13.7. The number of hydrogen-bond acceptors (Lipinski definition) is 24. The Morgan fingerprint density at radius 2 is 0.653 bits per heavy atom. The summed E-state index contributed by atoms with van der Waals surface area (Å²) in [6.07, 6.45) is 38.2. The molecule has 4 aliphatic carbocycles. The van der Waals surface area contributed by atoms with Gasteiger partial charge < -0.3 is 40.9 Å². The van der Waals surface area contributed by atoms with Crippen molar-refractivity contribution in [2.24, 2.45) is 23.7 Å². The fourth-order valence-corrected chi connectivity index (χ4v) is 19.4. The number of aryl methyl sites for hydroxylation is 5. The third-order valence-corrected chi connectivity index (χ3v) is 25.6. The zero-order valence-corrected chi connectivity index (χ0v) is 72.5. The van der Waals surface area contributed by atoms with E-state index in [9.17, 15) is 19.2 Å². The van der Waals surface area contributed by atoms with E-state index in [0.717, 1.165) is 159 Å². The number of amides is 4. The lowest BCUT2D eigenvalue weighted by Crippen LogP contribution is -2.60. The molecule has 12 aliphatic rings. The van der Waals surface area contributed by atoms with E-state index in [1.807, 2.05) is 133 Å². The summed E-state index contributed by atoms with van der Waals surface area (Å²) in [7, 11) is 0. The van der Waals surface area contributed by atoms with Gasteiger partial charge in [0, 0.05) is 153 Å². The van der Waals surface area contributed by atoms with Crippen molar-refractivity contribution in [3.05, 3.63) is 261 Å². The van der Waals surface area contributed by atoms with Gasteiger partial charge in [0.25, 0.3) is 23.6 Å². The molecule has 12 aromatic rings. The predicted octanol–water partition coefficient (Wildman–Crippen LogP) is 15.8. The molecule has 12 aromatic heterocycles. The highest BCUT2D eigenvalue weighted by Crippen LogP contribution is 2.43. The Hall–Kier alpha value is -12.3. The van der Waals surface area contributed by atoms with Gasteiger partial charge in [0.05, 0.1) is 56.5 Å². The van der Waals surface area contributed by atoms with Crippen LogP contribution >= 0.6 is 39.1 Å². The van der Waals surface area contributed by atoms with Gasteiger partial charge in [0.1, 0.15) is 46.0 Å². The number of piperidine rings is 8. The first-order chi connectivity index (χ1) is 60.3. The molecule has 12 unspecified atom stereocenters. The van der Waals surface area contributed by atoms with Crippen LogP contribution in [0.2, 0.25) is 10.0 Å². The summed E-state index contributed by atoms with van der Waals surface area (Å²) in [5.74, 6) is 7.02. The van der Waals surface area contributed by atoms with Crippen LogP contribution in [0.1, 0.15) is 147 Å². The van der Waals surface area contributed by atoms with Crippen molar-refractivity contribution in [3.63, 3.8) is 0 Å². The molecule has 4 saturated carbocycles. The monoisotopic (exact) mass is 1760 g/mol. The molecule has 0 radical (unpaired) electrons. The van der Waals surface area contributed by atoms with Crippen molar-refractivity contribution in [1.29, 1.82) is 0 Å². The predicted molar refractivity (Wildman–Crippen MR) is 478 cm³/mol. The molecule has 24 rings (SSSR count). The van der Waals surface area contributed by atoms with Crippen molar-refractivity contribution in [1.82, 2.24) is 99.3 Å². The topological polar surface area (TPSA) is 336 Å². The fourth-order valence-electron chi connectivity index (χ4n) is 19.0. The summed E-state index contributed by atoms with van der Waals surface area (Å²) in [6, 6.07) is 33.1. The zero-order valence-electron chi connectivity index (χ0n) is 69.4. The summed E-state index contributed by atoms with van der Waals surface area (Å²) in [6.45, 7) is 12.9. The Morgan fingerprint density at radius 1 is 0.339 bits per heavy atom. The van der Waals surface area contributed by atoms with Crippen molar-refractivity contribution in [2.45, 2.75) is 160 Å². The van der Waals surface area contributed by atoms with Crippen molar-refractivity contribution < 1.29 is 19.2 Å². The molecule has 632 valence electrons. The van der Waals surface area contributed by atoms with Crippen molar-refractivity contribution in [2.75, 3.05) is 47.4 Å². The second kappa shape index (κ2) is 37.8. The maximum atomic E-state index is 13.7. The van der Waals surface area contributed by atoms with Gasteiger partial charge in [0.15, 0.2) is 23.3 Å². The zero-order chi connectivity index (χ0) is 85.5. The Bertz CT molecular complexity index is 5070. The Labute approximate surface area is 737 Å².